The molecule has 1 aliphatic rings. The van der Waals surface area contributed by atoms with Crippen LogP contribution in [0.1, 0.15) is 29.4 Å². The number of nitrogens with one attached hydrogen (secondary N) is 1. The SMILES string of the molecule is C[C@@]1(c2cccc(NC(=O)c3ncccc3F)c2)CCSC(N)=N1. The number of aliphatic imine (C=N–C) groups is 1. The molecular weight excluding hydrogens is 327 g/mol. The summed E-state index contributed by atoms with van der Waals surface area (Å²) >= 11 is 1.54. The molecule has 1 aliphatic heterocycles. The summed E-state index contributed by atoms with van der Waals surface area (Å²) in [7, 11) is 0. The molecule has 0 fully saturated rings. The van der Waals surface area contributed by atoms with Gasteiger partial charge in [-0.05, 0) is 43.2 Å². The van der Waals surface area contributed by atoms with Gasteiger partial charge in [0.25, 0.3) is 5.91 Å². The van der Waals surface area contributed by atoms with Crippen molar-refractivity contribution in [1.29, 1.82) is 0 Å². The van der Waals surface area contributed by atoms with Gasteiger partial charge in [0, 0.05) is 17.6 Å². The average molecular weight is 344 g/mol. The van der Waals surface area contributed by atoms with Gasteiger partial charge in [-0.25, -0.2) is 9.37 Å². The van der Waals surface area contributed by atoms with E-state index in [0.717, 1.165) is 17.7 Å². The number of thioether (sulfide) groups is 1. The lowest BCUT2D eigenvalue weighted by molar-refractivity contribution is 0.101. The van der Waals surface area contributed by atoms with Crippen LogP contribution in [0.2, 0.25) is 0 Å². The minimum absolute atomic E-state index is 0.231. The Morgan fingerprint density at radius 2 is 2.21 bits per heavy atom. The summed E-state index contributed by atoms with van der Waals surface area (Å²) in [6.45, 7) is 2.01. The molecule has 0 spiro atoms. The summed E-state index contributed by atoms with van der Waals surface area (Å²) in [5.41, 5.74) is 6.71. The van der Waals surface area contributed by atoms with Gasteiger partial charge in [-0.15, -0.1) is 0 Å². The van der Waals surface area contributed by atoms with E-state index in [9.17, 15) is 9.18 Å². The van der Waals surface area contributed by atoms with Crippen molar-refractivity contribution >= 4 is 28.5 Å². The van der Waals surface area contributed by atoms with Gasteiger partial charge in [0.05, 0.1) is 5.54 Å². The number of rotatable bonds is 3. The summed E-state index contributed by atoms with van der Waals surface area (Å²) in [5, 5.41) is 3.24. The number of nitrogens with two attached hydrogens (primary N) is 1. The molecule has 0 aliphatic carbocycles. The smallest absolute Gasteiger partial charge is 0.277 e. The number of halogens is 1. The predicted octanol–water partition coefficient (Wildman–Crippen LogP) is 3.14. The van der Waals surface area contributed by atoms with Gasteiger partial charge in [0.15, 0.2) is 16.7 Å². The summed E-state index contributed by atoms with van der Waals surface area (Å²) < 4.78 is 13.7. The third-order valence-electron chi connectivity index (χ3n) is 3.91. The van der Waals surface area contributed by atoms with E-state index in [2.05, 4.69) is 15.3 Å². The molecule has 1 atom stereocenters. The number of nitrogens with zero attached hydrogens (tertiary/aromatic N) is 2. The first-order chi connectivity index (χ1) is 11.5. The molecule has 2 heterocycles. The maximum absolute atomic E-state index is 13.7. The largest absolute Gasteiger partial charge is 0.379 e. The zero-order valence-electron chi connectivity index (χ0n) is 13.1. The molecular formula is C17H17FN4OS. The molecule has 0 saturated heterocycles. The maximum atomic E-state index is 13.7. The van der Waals surface area contributed by atoms with Crippen LogP contribution in [0.4, 0.5) is 10.1 Å². The van der Waals surface area contributed by atoms with Crippen molar-refractivity contribution in [2.24, 2.45) is 10.7 Å². The molecule has 2 aromatic rings. The van der Waals surface area contributed by atoms with E-state index in [4.69, 9.17) is 5.73 Å². The Morgan fingerprint density at radius 3 is 2.96 bits per heavy atom. The van der Waals surface area contributed by atoms with E-state index < -0.39 is 17.3 Å². The molecule has 1 aromatic carbocycles. The molecule has 1 amide bonds. The Bertz CT molecular complexity index is 811. The number of amidine groups is 1. The number of benzene rings is 1. The minimum atomic E-state index is -0.653. The van der Waals surface area contributed by atoms with Crippen LogP contribution in [-0.4, -0.2) is 21.8 Å². The highest BCUT2D eigenvalue weighted by molar-refractivity contribution is 8.13. The van der Waals surface area contributed by atoms with Crippen molar-refractivity contribution in [2.45, 2.75) is 18.9 Å². The Hall–Kier alpha value is -2.41. The fourth-order valence-electron chi connectivity index (χ4n) is 2.57. The van der Waals surface area contributed by atoms with Crippen LogP contribution < -0.4 is 11.1 Å². The molecule has 124 valence electrons. The van der Waals surface area contributed by atoms with Gasteiger partial charge in [-0.3, -0.25) is 9.79 Å². The zero-order chi connectivity index (χ0) is 17.2. The molecule has 1 aromatic heterocycles. The van der Waals surface area contributed by atoms with Crippen LogP contribution >= 0.6 is 11.8 Å². The predicted molar refractivity (Wildman–Crippen MR) is 94.6 cm³/mol. The molecule has 5 nitrogen and oxygen atoms in total. The van der Waals surface area contributed by atoms with E-state index in [0.29, 0.717) is 10.9 Å². The van der Waals surface area contributed by atoms with E-state index in [-0.39, 0.29) is 5.69 Å². The number of pyridine rings is 1. The standard InChI is InChI=1S/C17H17FN4OS/c1-17(7-9-24-16(19)22-17)11-4-2-5-12(10-11)21-15(23)14-13(18)6-3-8-20-14/h2-6,8,10H,7,9H2,1H3,(H2,19,22)(H,21,23)/t17-/m0/s1. The lowest BCUT2D eigenvalue weighted by atomic mass is 9.89. The molecule has 7 heteroatoms. The fourth-order valence-corrected chi connectivity index (χ4v) is 3.54. The molecule has 0 unspecified atom stereocenters. The first kappa shape index (κ1) is 16.4. The van der Waals surface area contributed by atoms with Crippen molar-refractivity contribution in [3.05, 3.63) is 59.7 Å². The molecule has 3 rings (SSSR count). The molecule has 0 saturated carbocycles. The lowest BCUT2D eigenvalue weighted by Gasteiger charge is -2.30. The second-order valence-corrected chi connectivity index (χ2v) is 6.81. The van der Waals surface area contributed by atoms with Gasteiger partial charge < -0.3 is 11.1 Å². The number of aromatic nitrogens is 1. The van der Waals surface area contributed by atoms with Crippen LogP contribution in [-0.2, 0) is 5.54 Å². The Kier molecular flexibility index (Phi) is 4.53. The number of carbonyl (C=O) groups is 1. The quantitative estimate of drug-likeness (QED) is 0.896. The number of anilines is 1. The van der Waals surface area contributed by atoms with E-state index in [1.54, 1.807) is 6.07 Å². The Balaban J connectivity index is 1.85. The van der Waals surface area contributed by atoms with Crippen LogP contribution in [0.25, 0.3) is 0 Å². The van der Waals surface area contributed by atoms with Crippen molar-refractivity contribution in [3.8, 4) is 0 Å². The number of hydrogen-bond donors (Lipinski definition) is 2. The van der Waals surface area contributed by atoms with Gasteiger partial charge in [0.1, 0.15) is 0 Å². The van der Waals surface area contributed by atoms with Gasteiger partial charge in [-0.1, -0.05) is 23.9 Å². The fraction of sp³-hybridized carbons (Fsp3) is 0.235. The van der Waals surface area contributed by atoms with Crippen LogP contribution in [0.3, 0.4) is 0 Å². The Morgan fingerprint density at radius 1 is 1.38 bits per heavy atom. The summed E-state index contributed by atoms with van der Waals surface area (Å²) in [4.78, 5) is 20.5. The Labute approximate surface area is 143 Å². The highest BCUT2D eigenvalue weighted by atomic mass is 32.2. The van der Waals surface area contributed by atoms with E-state index >= 15 is 0 Å². The molecule has 3 N–H and O–H groups in total. The van der Waals surface area contributed by atoms with Crippen molar-refractivity contribution in [3.63, 3.8) is 0 Å². The molecule has 0 radical (unpaired) electrons. The monoisotopic (exact) mass is 344 g/mol. The zero-order valence-corrected chi connectivity index (χ0v) is 13.9. The third-order valence-corrected chi connectivity index (χ3v) is 4.71. The molecule has 0 bridgehead atoms. The topological polar surface area (TPSA) is 80.4 Å². The van der Waals surface area contributed by atoms with E-state index in [1.807, 2.05) is 25.1 Å². The maximum Gasteiger partial charge on any atom is 0.277 e. The number of amides is 1. The first-order valence-corrected chi connectivity index (χ1v) is 8.47. The van der Waals surface area contributed by atoms with Crippen molar-refractivity contribution in [1.82, 2.24) is 4.98 Å². The highest BCUT2D eigenvalue weighted by Crippen LogP contribution is 2.35. The van der Waals surface area contributed by atoms with Gasteiger partial charge in [0.2, 0.25) is 0 Å². The number of carbonyl (C=O) groups excluding carboxylic acids is 1. The number of hydrogen-bond acceptors (Lipinski definition) is 5. The van der Waals surface area contributed by atoms with Crippen molar-refractivity contribution in [2.75, 3.05) is 11.1 Å². The third kappa shape index (κ3) is 3.41. The first-order valence-electron chi connectivity index (χ1n) is 7.48. The van der Waals surface area contributed by atoms with E-state index in [1.165, 1.54) is 30.1 Å². The van der Waals surface area contributed by atoms with Crippen molar-refractivity contribution < 1.29 is 9.18 Å². The van der Waals surface area contributed by atoms with Crippen LogP contribution in [0, 0.1) is 5.82 Å². The average Bonchev–Trinajstić information content (AvgIpc) is 2.55. The second-order valence-electron chi connectivity index (χ2n) is 5.69. The van der Waals surface area contributed by atoms with Gasteiger partial charge in [-0.2, -0.15) is 0 Å². The summed E-state index contributed by atoms with van der Waals surface area (Å²) in [6, 6.07) is 10.0. The highest BCUT2D eigenvalue weighted by Gasteiger charge is 2.29. The molecule has 24 heavy (non-hydrogen) atoms. The lowest BCUT2D eigenvalue weighted by Crippen LogP contribution is -2.28. The summed E-state index contributed by atoms with van der Waals surface area (Å²) in [6.07, 6.45) is 2.23. The van der Waals surface area contributed by atoms with Gasteiger partial charge >= 0.3 is 0 Å². The summed E-state index contributed by atoms with van der Waals surface area (Å²) in [5.74, 6) is -0.348. The van der Waals surface area contributed by atoms with Crippen LogP contribution in [0.15, 0.2) is 47.6 Å². The van der Waals surface area contributed by atoms with Crippen LogP contribution in [0.5, 0.6) is 0 Å². The minimum Gasteiger partial charge on any atom is -0.379 e. The normalized spacial score (nSPS) is 20.3. The second kappa shape index (κ2) is 6.60.